The van der Waals surface area contributed by atoms with Crippen molar-refractivity contribution >= 4 is 0 Å². The fraction of sp³-hybridized carbons (Fsp3) is 1.00. The number of ether oxygens (including phenoxy) is 1. The highest BCUT2D eigenvalue weighted by Gasteiger charge is 2.09. The number of nitrogens with zero attached hydrogens (tertiary/aromatic N) is 1. The summed E-state index contributed by atoms with van der Waals surface area (Å²) in [5.74, 6) is 0. The van der Waals surface area contributed by atoms with Crippen molar-refractivity contribution in [2.45, 2.75) is 26.2 Å². The third-order valence-corrected chi connectivity index (χ3v) is 2.17. The minimum absolute atomic E-state index is 0.861. The molecule has 2 heteroatoms. The maximum atomic E-state index is 5.27. The molecule has 0 aromatic rings. The van der Waals surface area contributed by atoms with Gasteiger partial charge in [-0.3, -0.25) is 0 Å². The van der Waals surface area contributed by atoms with Crippen LogP contribution in [0.4, 0.5) is 0 Å². The Balaban J connectivity index is 1.86. The van der Waals surface area contributed by atoms with Gasteiger partial charge in [-0.25, -0.2) is 0 Å². The van der Waals surface area contributed by atoms with E-state index in [1.165, 1.54) is 38.9 Å². The Kier molecular flexibility index (Phi) is 4.55. The van der Waals surface area contributed by atoms with Crippen molar-refractivity contribution in [2.24, 2.45) is 0 Å². The highest BCUT2D eigenvalue weighted by atomic mass is 16.5. The molecule has 66 valence electrons. The predicted molar refractivity (Wildman–Crippen MR) is 46.8 cm³/mol. The fourth-order valence-electron chi connectivity index (χ4n) is 1.54. The Morgan fingerprint density at radius 2 is 2.00 bits per heavy atom. The van der Waals surface area contributed by atoms with Crippen LogP contribution in [0.1, 0.15) is 26.2 Å². The minimum Gasteiger partial charge on any atom is -0.382 e. The molecule has 1 heterocycles. The second-order valence-electron chi connectivity index (χ2n) is 3.10. The van der Waals surface area contributed by atoms with E-state index in [9.17, 15) is 0 Å². The van der Waals surface area contributed by atoms with Crippen LogP contribution in [0, 0.1) is 0 Å². The third kappa shape index (κ3) is 3.73. The molecule has 0 saturated carbocycles. The summed E-state index contributed by atoms with van der Waals surface area (Å²) >= 11 is 0. The molecule has 1 saturated heterocycles. The van der Waals surface area contributed by atoms with Crippen LogP contribution in [0.15, 0.2) is 0 Å². The van der Waals surface area contributed by atoms with E-state index in [1.807, 2.05) is 0 Å². The maximum Gasteiger partial charge on any atom is 0.0478 e. The lowest BCUT2D eigenvalue weighted by molar-refractivity contribution is 0.135. The van der Waals surface area contributed by atoms with Gasteiger partial charge in [0.1, 0.15) is 0 Å². The van der Waals surface area contributed by atoms with E-state index >= 15 is 0 Å². The van der Waals surface area contributed by atoms with Crippen molar-refractivity contribution in [1.82, 2.24) is 4.90 Å². The quantitative estimate of drug-likeness (QED) is 0.561. The van der Waals surface area contributed by atoms with Crippen molar-refractivity contribution in [2.75, 3.05) is 32.8 Å². The Morgan fingerprint density at radius 3 is 2.64 bits per heavy atom. The molecule has 0 unspecified atom stereocenters. The lowest BCUT2D eigenvalue weighted by Crippen LogP contribution is -2.21. The molecule has 0 amide bonds. The van der Waals surface area contributed by atoms with Crippen LogP contribution in [0.5, 0.6) is 0 Å². The van der Waals surface area contributed by atoms with Crippen LogP contribution in [-0.4, -0.2) is 37.7 Å². The monoisotopic (exact) mass is 157 g/mol. The molecule has 11 heavy (non-hydrogen) atoms. The van der Waals surface area contributed by atoms with E-state index in [4.69, 9.17) is 4.74 Å². The molecular weight excluding hydrogens is 138 g/mol. The van der Waals surface area contributed by atoms with Gasteiger partial charge in [0.15, 0.2) is 0 Å². The molecule has 0 spiro atoms. The number of hydrogen-bond donors (Lipinski definition) is 0. The second-order valence-corrected chi connectivity index (χ2v) is 3.10. The van der Waals surface area contributed by atoms with Crippen molar-refractivity contribution in [3.05, 3.63) is 0 Å². The lowest BCUT2D eigenvalue weighted by Gasteiger charge is -2.13. The second kappa shape index (κ2) is 5.56. The van der Waals surface area contributed by atoms with E-state index in [0.29, 0.717) is 0 Å². The zero-order chi connectivity index (χ0) is 7.94. The van der Waals surface area contributed by atoms with E-state index in [2.05, 4.69) is 11.8 Å². The molecule has 0 N–H and O–H groups in total. The summed E-state index contributed by atoms with van der Waals surface area (Å²) in [6, 6.07) is 0. The first kappa shape index (κ1) is 9.01. The van der Waals surface area contributed by atoms with Gasteiger partial charge < -0.3 is 9.64 Å². The average molecular weight is 157 g/mol. The first-order valence-corrected chi connectivity index (χ1v) is 4.73. The van der Waals surface area contributed by atoms with Gasteiger partial charge in [-0.15, -0.1) is 0 Å². The number of likely N-dealkylation sites (tertiary alicyclic amines) is 1. The van der Waals surface area contributed by atoms with Gasteiger partial charge in [-0.05, 0) is 39.3 Å². The SMILES string of the molecule is CCOCCCN1CCCC1. The standard InChI is InChI=1S/C9H19NO/c1-2-11-9-5-8-10-6-3-4-7-10/h2-9H2,1H3. The summed E-state index contributed by atoms with van der Waals surface area (Å²) < 4.78 is 5.27. The van der Waals surface area contributed by atoms with E-state index < -0.39 is 0 Å². The van der Waals surface area contributed by atoms with E-state index in [-0.39, 0.29) is 0 Å². The normalized spacial score (nSPS) is 19.4. The molecule has 1 fully saturated rings. The molecule has 0 atom stereocenters. The Bertz CT molecular complexity index is 89.6. The highest BCUT2D eigenvalue weighted by Crippen LogP contribution is 2.06. The molecule has 0 bridgehead atoms. The van der Waals surface area contributed by atoms with Crippen molar-refractivity contribution in [3.8, 4) is 0 Å². The Hall–Kier alpha value is -0.0800. The molecule has 2 nitrogen and oxygen atoms in total. The summed E-state index contributed by atoms with van der Waals surface area (Å²) in [6.07, 6.45) is 4.00. The zero-order valence-corrected chi connectivity index (χ0v) is 7.51. The van der Waals surface area contributed by atoms with Crippen LogP contribution in [0.25, 0.3) is 0 Å². The predicted octanol–water partition coefficient (Wildman–Crippen LogP) is 1.51. The summed E-state index contributed by atoms with van der Waals surface area (Å²) in [5.41, 5.74) is 0. The summed E-state index contributed by atoms with van der Waals surface area (Å²) in [6.45, 7) is 7.71. The summed E-state index contributed by atoms with van der Waals surface area (Å²) in [4.78, 5) is 2.53. The van der Waals surface area contributed by atoms with Gasteiger partial charge >= 0.3 is 0 Å². The van der Waals surface area contributed by atoms with Crippen LogP contribution in [0.2, 0.25) is 0 Å². The van der Waals surface area contributed by atoms with Crippen LogP contribution in [0.3, 0.4) is 0 Å². The first-order valence-electron chi connectivity index (χ1n) is 4.73. The minimum atomic E-state index is 0.861. The topological polar surface area (TPSA) is 12.5 Å². The number of hydrogen-bond acceptors (Lipinski definition) is 2. The highest BCUT2D eigenvalue weighted by molar-refractivity contribution is 4.65. The summed E-state index contributed by atoms with van der Waals surface area (Å²) in [5, 5.41) is 0. The van der Waals surface area contributed by atoms with E-state index in [0.717, 1.165) is 13.2 Å². The fourth-order valence-corrected chi connectivity index (χ4v) is 1.54. The third-order valence-electron chi connectivity index (χ3n) is 2.17. The molecule has 0 aromatic carbocycles. The molecule has 0 aromatic heterocycles. The van der Waals surface area contributed by atoms with E-state index in [1.54, 1.807) is 0 Å². The molecule has 0 aliphatic carbocycles. The molecular formula is C9H19NO. The summed E-state index contributed by atoms with van der Waals surface area (Å²) in [7, 11) is 0. The first-order chi connectivity index (χ1) is 5.43. The maximum absolute atomic E-state index is 5.27. The smallest absolute Gasteiger partial charge is 0.0478 e. The van der Waals surface area contributed by atoms with Gasteiger partial charge in [0.25, 0.3) is 0 Å². The van der Waals surface area contributed by atoms with Gasteiger partial charge in [-0.2, -0.15) is 0 Å². The average Bonchev–Trinajstić information content (AvgIpc) is 2.50. The van der Waals surface area contributed by atoms with Gasteiger partial charge in [0.2, 0.25) is 0 Å². The van der Waals surface area contributed by atoms with Gasteiger partial charge in [0.05, 0.1) is 0 Å². The van der Waals surface area contributed by atoms with Crippen LogP contribution in [-0.2, 0) is 4.74 Å². The number of rotatable bonds is 5. The van der Waals surface area contributed by atoms with Gasteiger partial charge in [0, 0.05) is 19.8 Å². The van der Waals surface area contributed by atoms with Gasteiger partial charge in [-0.1, -0.05) is 0 Å². The zero-order valence-electron chi connectivity index (χ0n) is 7.51. The molecule has 1 aliphatic heterocycles. The molecule has 0 radical (unpaired) electrons. The Labute approximate surface area is 69.5 Å². The Morgan fingerprint density at radius 1 is 1.27 bits per heavy atom. The molecule has 1 rings (SSSR count). The largest absolute Gasteiger partial charge is 0.382 e. The van der Waals surface area contributed by atoms with Crippen LogP contribution >= 0.6 is 0 Å². The molecule has 1 aliphatic rings. The van der Waals surface area contributed by atoms with Crippen molar-refractivity contribution in [1.29, 1.82) is 0 Å². The van der Waals surface area contributed by atoms with Crippen molar-refractivity contribution < 1.29 is 4.74 Å². The lowest BCUT2D eigenvalue weighted by atomic mass is 10.4. The van der Waals surface area contributed by atoms with Crippen LogP contribution < -0.4 is 0 Å². The van der Waals surface area contributed by atoms with Crippen molar-refractivity contribution in [3.63, 3.8) is 0 Å².